The number of rotatable bonds is 4. The number of pyridine rings is 2. The van der Waals surface area contributed by atoms with Crippen LogP contribution in [0, 0.1) is 11.3 Å². The van der Waals surface area contributed by atoms with Crippen molar-refractivity contribution in [2.45, 2.75) is 13.0 Å². The first-order valence-electron chi connectivity index (χ1n) is 8.85. The third-order valence-corrected chi connectivity index (χ3v) is 4.82. The van der Waals surface area contributed by atoms with E-state index in [1.54, 1.807) is 12.4 Å². The molecular weight excluding hydrogens is 386 g/mol. The van der Waals surface area contributed by atoms with Crippen molar-refractivity contribution in [1.29, 1.82) is 5.26 Å². The van der Waals surface area contributed by atoms with E-state index in [0.717, 1.165) is 27.7 Å². The minimum absolute atomic E-state index is 0.133. The van der Waals surface area contributed by atoms with E-state index in [4.69, 9.17) is 17.3 Å². The molecule has 29 heavy (non-hydrogen) atoms. The number of nitriles is 1. The molecule has 0 aliphatic heterocycles. The normalized spacial score (nSPS) is 11.8. The van der Waals surface area contributed by atoms with Gasteiger partial charge in [0.05, 0.1) is 17.3 Å². The molecule has 0 fully saturated rings. The zero-order valence-electron chi connectivity index (χ0n) is 15.5. The van der Waals surface area contributed by atoms with Crippen LogP contribution in [-0.4, -0.2) is 19.9 Å². The third kappa shape index (κ3) is 3.53. The second-order valence-corrected chi connectivity index (χ2v) is 6.86. The van der Waals surface area contributed by atoms with E-state index < -0.39 is 0 Å². The summed E-state index contributed by atoms with van der Waals surface area (Å²) >= 11 is 6.15. The monoisotopic (exact) mass is 401 g/mol. The van der Waals surface area contributed by atoms with Crippen LogP contribution in [0.2, 0.25) is 5.02 Å². The fraction of sp³-hybridized carbons (Fsp3) is 0.0952. The highest BCUT2D eigenvalue weighted by Gasteiger charge is 2.19. The van der Waals surface area contributed by atoms with Gasteiger partial charge in [-0.2, -0.15) is 5.26 Å². The van der Waals surface area contributed by atoms with Crippen LogP contribution < -0.4 is 11.1 Å². The standard InChI is InChI=1S/C21H16ClN7/c1-12(29-21-15(9-23)20(24)27-11-28-21)16-10-26-18-8-13(22)5-6-14(18)19(16)17-4-2-3-7-25-17/h2-8,10-12H,1H3,(H3,24,27,28,29)/t12-/m1/s1. The Morgan fingerprint density at radius 1 is 1.14 bits per heavy atom. The van der Waals surface area contributed by atoms with Crippen LogP contribution >= 0.6 is 11.6 Å². The molecule has 3 aromatic heterocycles. The van der Waals surface area contributed by atoms with Crippen molar-refractivity contribution in [2.24, 2.45) is 0 Å². The molecule has 0 saturated heterocycles. The quantitative estimate of drug-likeness (QED) is 0.522. The van der Waals surface area contributed by atoms with E-state index in [1.807, 2.05) is 49.4 Å². The minimum atomic E-state index is -0.235. The largest absolute Gasteiger partial charge is 0.382 e. The Kier molecular flexibility index (Phi) is 4.94. The Hall–Kier alpha value is -3.76. The lowest BCUT2D eigenvalue weighted by atomic mass is 9.96. The summed E-state index contributed by atoms with van der Waals surface area (Å²) in [6.45, 7) is 1.96. The molecule has 3 N–H and O–H groups in total. The Morgan fingerprint density at radius 2 is 2.00 bits per heavy atom. The van der Waals surface area contributed by atoms with Crippen LogP contribution in [0.3, 0.4) is 0 Å². The van der Waals surface area contributed by atoms with Gasteiger partial charge < -0.3 is 11.1 Å². The van der Waals surface area contributed by atoms with Crippen molar-refractivity contribution in [3.63, 3.8) is 0 Å². The lowest BCUT2D eigenvalue weighted by molar-refractivity contribution is 0.867. The van der Waals surface area contributed by atoms with Gasteiger partial charge in [-0.15, -0.1) is 0 Å². The molecule has 8 heteroatoms. The first-order chi connectivity index (χ1) is 14.1. The summed E-state index contributed by atoms with van der Waals surface area (Å²) in [6.07, 6.45) is 4.86. The summed E-state index contributed by atoms with van der Waals surface area (Å²) in [6, 6.07) is 13.2. The second-order valence-electron chi connectivity index (χ2n) is 6.43. The summed E-state index contributed by atoms with van der Waals surface area (Å²) < 4.78 is 0. The molecule has 0 spiro atoms. The lowest BCUT2D eigenvalue weighted by Gasteiger charge is -2.20. The van der Waals surface area contributed by atoms with E-state index >= 15 is 0 Å². The van der Waals surface area contributed by atoms with Gasteiger partial charge in [-0.25, -0.2) is 9.97 Å². The minimum Gasteiger partial charge on any atom is -0.382 e. The number of anilines is 2. The van der Waals surface area contributed by atoms with Gasteiger partial charge in [0.15, 0.2) is 0 Å². The number of hydrogen-bond donors (Lipinski definition) is 2. The lowest BCUT2D eigenvalue weighted by Crippen LogP contribution is -2.13. The number of hydrogen-bond acceptors (Lipinski definition) is 7. The van der Waals surface area contributed by atoms with E-state index in [0.29, 0.717) is 10.8 Å². The van der Waals surface area contributed by atoms with Crippen molar-refractivity contribution < 1.29 is 0 Å². The Morgan fingerprint density at radius 3 is 2.76 bits per heavy atom. The first-order valence-corrected chi connectivity index (χ1v) is 9.23. The van der Waals surface area contributed by atoms with Gasteiger partial charge in [-0.1, -0.05) is 23.7 Å². The van der Waals surface area contributed by atoms with Gasteiger partial charge in [0, 0.05) is 33.9 Å². The van der Waals surface area contributed by atoms with Crippen LogP contribution in [0.5, 0.6) is 0 Å². The van der Waals surface area contributed by atoms with Gasteiger partial charge in [0.1, 0.15) is 29.6 Å². The fourth-order valence-electron chi connectivity index (χ4n) is 3.21. The Bertz CT molecular complexity index is 1240. The number of halogens is 1. The summed E-state index contributed by atoms with van der Waals surface area (Å²) in [7, 11) is 0. The average Bonchev–Trinajstić information content (AvgIpc) is 2.73. The van der Waals surface area contributed by atoms with Gasteiger partial charge in [0.2, 0.25) is 0 Å². The molecule has 0 radical (unpaired) electrons. The van der Waals surface area contributed by atoms with Gasteiger partial charge in [-0.3, -0.25) is 9.97 Å². The van der Waals surface area contributed by atoms with Gasteiger partial charge >= 0.3 is 0 Å². The molecule has 0 aliphatic carbocycles. The van der Waals surface area contributed by atoms with Crippen LogP contribution in [0.4, 0.5) is 11.6 Å². The molecule has 142 valence electrons. The smallest absolute Gasteiger partial charge is 0.150 e. The number of nitrogens with zero attached hydrogens (tertiary/aromatic N) is 5. The summed E-state index contributed by atoms with van der Waals surface area (Å²) in [4.78, 5) is 17.2. The zero-order chi connectivity index (χ0) is 20.4. The average molecular weight is 402 g/mol. The molecule has 4 aromatic rings. The SMILES string of the molecule is C[C@@H](Nc1ncnc(N)c1C#N)c1cnc2cc(Cl)ccc2c1-c1ccccn1. The van der Waals surface area contributed by atoms with Crippen molar-refractivity contribution in [2.75, 3.05) is 11.1 Å². The summed E-state index contributed by atoms with van der Waals surface area (Å²) in [5.41, 5.74) is 9.44. The number of nitrogen functional groups attached to an aromatic ring is 1. The number of aromatic nitrogens is 4. The number of nitrogens with two attached hydrogens (primary N) is 1. The van der Waals surface area contributed by atoms with Crippen molar-refractivity contribution >= 4 is 34.1 Å². The number of nitrogens with one attached hydrogen (secondary N) is 1. The maximum Gasteiger partial charge on any atom is 0.150 e. The predicted molar refractivity (Wildman–Crippen MR) is 113 cm³/mol. The molecule has 3 heterocycles. The zero-order valence-corrected chi connectivity index (χ0v) is 16.2. The maximum atomic E-state index is 9.40. The van der Waals surface area contributed by atoms with Crippen LogP contribution in [0.15, 0.2) is 55.1 Å². The molecule has 1 atom stereocenters. The number of benzene rings is 1. The Balaban J connectivity index is 1.87. The second kappa shape index (κ2) is 7.70. The highest BCUT2D eigenvalue weighted by atomic mass is 35.5. The molecule has 0 amide bonds. The third-order valence-electron chi connectivity index (χ3n) is 4.59. The van der Waals surface area contributed by atoms with Gasteiger partial charge in [0.25, 0.3) is 0 Å². The highest BCUT2D eigenvalue weighted by molar-refractivity contribution is 6.31. The van der Waals surface area contributed by atoms with Crippen molar-refractivity contribution in [3.8, 4) is 17.3 Å². The van der Waals surface area contributed by atoms with Crippen LogP contribution in [0.25, 0.3) is 22.2 Å². The molecule has 0 aliphatic rings. The van der Waals surface area contributed by atoms with Crippen molar-refractivity contribution in [3.05, 3.63) is 71.3 Å². The summed E-state index contributed by atoms with van der Waals surface area (Å²) in [5, 5.41) is 14.2. The molecule has 0 bridgehead atoms. The van der Waals surface area contributed by atoms with Gasteiger partial charge in [-0.05, 0) is 31.2 Å². The molecule has 4 rings (SSSR count). The highest BCUT2D eigenvalue weighted by Crippen LogP contribution is 2.35. The molecule has 0 unspecified atom stereocenters. The van der Waals surface area contributed by atoms with E-state index in [-0.39, 0.29) is 17.4 Å². The van der Waals surface area contributed by atoms with E-state index in [9.17, 15) is 5.26 Å². The molecular formula is C21H16ClN7. The van der Waals surface area contributed by atoms with E-state index in [1.165, 1.54) is 6.33 Å². The molecule has 7 nitrogen and oxygen atoms in total. The topological polar surface area (TPSA) is 113 Å². The maximum absolute atomic E-state index is 9.40. The van der Waals surface area contributed by atoms with E-state index in [2.05, 4.69) is 25.3 Å². The van der Waals surface area contributed by atoms with Crippen LogP contribution in [-0.2, 0) is 0 Å². The summed E-state index contributed by atoms with van der Waals surface area (Å²) in [5.74, 6) is 0.504. The van der Waals surface area contributed by atoms with Crippen molar-refractivity contribution in [1.82, 2.24) is 19.9 Å². The number of fused-ring (bicyclic) bond motifs is 1. The molecule has 1 aromatic carbocycles. The fourth-order valence-corrected chi connectivity index (χ4v) is 3.38. The molecule has 0 saturated carbocycles. The van der Waals surface area contributed by atoms with Crippen LogP contribution in [0.1, 0.15) is 24.1 Å². The Labute approximate surface area is 172 Å². The first kappa shape index (κ1) is 18.6. The predicted octanol–water partition coefficient (Wildman–Crippen LogP) is 4.37.